The van der Waals surface area contributed by atoms with Crippen molar-refractivity contribution >= 4 is 53.3 Å². The monoisotopic (exact) mass is 942 g/mol. The lowest BCUT2D eigenvalue weighted by molar-refractivity contribution is -0.143. The van der Waals surface area contributed by atoms with Crippen LogP contribution in [0, 0.1) is 5.41 Å². The molecule has 0 aliphatic heterocycles. The molecule has 0 radical (unpaired) electrons. The van der Waals surface area contributed by atoms with Crippen LogP contribution in [0.25, 0.3) is 0 Å². The number of aliphatic carboxylic acids is 2. The first-order valence-corrected chi connectivity index (χ1v) is 21.9. The number of guanidine groups is 1. The number of carbonyl (C=O) groups is 8. The number of nitrogens with one attached hydrogen (secondary N) is 8. The molecular weight excluding hydrogens is 877 g/mol. The van der Waals surface area contributed by atoms with E-state index >= 15 is 0 Å². The second-order valence-electron chi connectivity index (χ2n) is 15.8. The van der Waals surface area contributed by atoms with E-state index in [1.54, 1.807) is 0 Å². The Morgan fingerprint density at radius 3 is 1.40 bits per heavy atom. The SMILES string of the molecule is N=C(N)NCCC[C@H](N)C(=O)NCC(=O)N[C@@H](Cc1ccc(O)cc1)C(=O)N[C@@H](Cc1ccc(O)cc1)C(=O)N[C@@H](CCCCN)C(=O)N[C@@H](CCCCN)C(=O)N[C@@H](CCC(=O)O)C(=O)O. The van der Waals surface area contributed by atoms with E-state index in [2.05, 4.69) is 37.2 Å². The van der Waals surface area contributed by atoms with Crippen LogP contribution in [-0.4, -0.2) is 136 Å². The average Bonchev–Trinajstić information content (AvgIpc) is 3.28. The van der Waals surface area contributed by atoms with Crippen molar-refractivity contribution < 1.29 is 58.8 Å². The van der Waals surface area contributed by atoms with Crippen molar-refractivity contribution in [1.29, 1.82) is 5.41 Å². The Labute approximate surface area is 387 Å². The van der Waals surface area contributed by atoms with E-state index in [0.29, 0.717) is 49.8 Å². The summed E-state index contributed by atoms with van der Waals surface area (Å²) in [4.78, 5) is 105. The highest BCUT2D eigenvalue weighted by Crippen LogP contribution is 2.15. The van der Waals surface area contributed by atoms with Crippen molar-refractivity contribution in [3.8, 4) is 11.5 Å². The number of aromatic hydroxyl groups is 2. The van der Waals surface area contributed by atoms with Crippen LogP contribution in [-0.2, 0) is 51.2 Å². The van der Waals surface area contributed by atoms with Gasteiger partial charge in [0.2, 0.25) is 35.4 Å². The Kier molecular flexibility index (Phi) is 25.3. The maximum atomic E-state index is 14.3. The molecule has 0 aromatic heterocycles. The van der Waals surface area contributed by atoms with E-state index in [-0.39, 0.29) is 62.7 Å². The molecule has 0 spiro atoms. The second kappa shape index (κ2) is 30.2. The number of hydrogen-bond acceptors (Lipinski definition) is 14. The number of rotatable bonds is 32. The van der Waals surface area contributed by atoms with Crippen molar-refractivity contribution in [2.24, 2.45) is 22.9 Å². The number of nitrogens with two attached hydrogens (primary N) is 4. The predicted octanol–water partition coefficient (Wildman–Crippen LogP) is -2.78. The summed E-state index contributed by atoms with van der Waals surface area (Å²) in [7, 11) is 0. The fourth-order valence-corrected chi connectivity index (χ4v) is 6.51. The van der Waals surface area contributed by atoms with E-state index in [4.69, 9.17) is 33.5 Å². The highest BCUT2D eigenvalue weighted by atomic mass is 16.4. The van der Waals surface area contributed by atoms with Gasteiger partial charge >= 0.3 is 11.9 Å². The van der Waals surface area contributed by atoms with Crippen LogP contribution in [0.5, 0.6) is 11.5 Å². The highest BCUT2D eigenvalue weighted by molar-refractivity contribution is 5.96. The van der Waals surface area contributed by atoms with Crippen LogP contribution >= 0.6 is 0 Å². The third-order valence-corrected chi connectivity index (χ3v) is 10.2. The maximum Gasteiger partial charge on any atom is 0.326 e. The smallest absolute Gasteiger partial charge is 0.326 e. The lowest BCUT2D eigenvalue weighted by Crippen LogP contribution is -2.59. The zero-order valence-electron chi connectivity index (χ0n) is 37.3. The van der Waals surface area contributed by atoms with Gasteiger partial charge in [-0.3, -0.25) is 39.0 Å². The molecule has 0 fully saturated rings. The molecule has 0 saturated carbocycles. The van der Waals surface area contributed by atoms with Gasteiger partial charge in [0.15, 0.2) is 5.96 Å². The summed E-state index contributed by atoms with van der Waals surface area (Å²) >= 11 is 0. The first-order chi connectivity index (χ1) is 31.8. The predicted molar refractivity (Wildman–Crippen MR) is 244 cm³/mol. The lowest BCUT2D eigenvalue weighted by atomic mass is 10.0. The van der Waals surface area contributed by atoms with E-state index < -0.39 is 103 Å². The number of amides is 6. The zero-order chi connectivity index (χ0) is 49.9. The summed E-state index contributed by atoms with van der Waals surface area (Å²) in [5.74, 6) is -8.08. The van der Waals surface area contributed by atoms with Gasteiger partial charge in [-0.1, -0.05) is 24.3 Å². The molecule has 0 aliphatic carbocycles. The topological polar surface area (TPSA) is 430 Å². The first-order valence-electron chi connectivity index (χ1n) is 21.9. The third-order valence-electron chi connectivity index (χ3n) is 10.2. The standard InChI is InChI=1S/C43H66N12O12/c44-19-3-1-7-30(38(62)52-31(8-2-4-20-45)39(63)54-32(42(66)67)17-18-36(59)60)53-41(65)34(23-26-11-15-28(57)16-12-26)55-40(64)33(22-25-9-13-27(56)14-10-25)51-35(58)24-50-37(61)29(46)6-5-21-49-43(47)48/h9-16,29-34,56-57H,1-8,17-24,44-46H2,(H,50,61)(H,51,58)(H,52,62)(H,53,65)(H,54,63)(H,55,64)(H,59,60)(H,66,67)(H4,47,48,49)/t29-,30-,31-,32-,33-,34-/m0/s1. The molecule has 2 rings (SSSR count). The highest BCUT2D eigenvalue weighted by Gasteiger charge is 2.33. The van der Waals surface area contributed by atoms with Gasteiger partial charge in [-0.25, -0.2) is 4.79 Å². The van der Waals surface area contributed by atoms with Crippen LogP contribution in [0.4, 0.5) is 0 Å². The molecule has 0 unspecified atom stereocenters. The van der Waals surface area contributed by atoms with Crippen LogP contribution in [0.1, 0.15) is 75.3 Å². The van der Waals surface area contributed by atoms with Gasteiger partial charge in [0.1, 0.15) is 41.7 Å². The van der Waals surface area contributed by atoms with Gasteiger partial charge < -0.3 is 80.6 Å². The van der Waals surface area contributed by atoms with E-state index in [1.165, 1.54) is 48.5 Å². The molecule has 6 atom stereocenters. The summed E-state index contributed by atoms with van der Waals surface area (Å²) in [6, 6.07) is 3.41. The van der Waals surface area contributed by atoms with Gasteiger partial charge in [0, 0.05) is 25.8 Å². The second-order valence-corrected chi connectivity index (χ2v) is 15.8. The molecule has 24 nitrogen and oxygen atoms in total. The van der Waals surface area contributed by atoms with Gasteiger partial charge in [0.25, 0.3) is 0 Å². The van der Waals surface area contributed by atoms with Gasteiger partial charge in [-0.05, 0) is 106 Å². The van der Waals surface area contributed by atoms with Crippen molar-refractivity contribution in [2.45, 2.75) is 113 Å². The zero-order valence-corrected chi connectivity index (χ0v) is 37.3. The minimum Gasteiger partial charge on any atom is -0.508 e. The number of phenolic OH excluding ortho intramolecular Hbond substituents is 2. The van der Waals surface area contributed by atoms with Crippen molar-refractivity contribution in [1.82, 2.24) is 37.2 Å². The van der Waals surface area contributed by atoms with Crippen LogP contribution in [0.2, 0.25) is 0 Å². The van der Waals surface area contributed by atoms with Crippen molar-refractivity contribution in [3.63, 3.8) is 0 Å². The van der Waals surface area contributed by atoms with E-state index in [0.717, 1.165) is 0 Å². The Balaban J connectivity index is 2.42. The summed E-state index contributed by atoms with van der Waals surface area (Å²) in [6.45, 7) is 0.198. The number of carboxylic acid groups (broad SMARTS) is 2. The van der Waals surface area contributed by atoms with E-state index in [1.807, 2.05) is 0 Å². The summed E-state index contributed by atoms with van der Waals surface area (Å²) in [5.41, 5.74) is 23.5. The quantitative estimate of drug-likeness (QED) is 0.0200. The summed E-state index contributed by atoms with van der Waals surface area (Å²) in [6.07, 6.45) is 0.801. The van der Waals surface area contributed by atoms with Crippen molar-refractivity contribution in [2.75, 3.05) is 26.2 Å². The van der Waals surface area contributed by atoms with Crippen molar-refractivity contribution in [3.05, 3.63) is 59.7 Å². The van der Waals surface area contributed by atoms with Gasteiger partial charge in [-0.15, -0.1) is 0 Å². The molecule has 0 saturated heterocycles. The average molecular weight is 943 g/mol. The van der Waals surface area contributed by atoms with Crippen LogP contribution in [0.3, 0.4) is 0 Å². The van der Waals surface area contributed by atoms with Crippen LogP contribution < -0.4 is 60.2 Å². The number of unbranched alkanes of at least 4 members (excludes halogenated alkanes) is 2. The molecule has 370 valence electrons. The Morgan fingerprint density at radius 2 is 0.970 bits per heavy atom. The Hall–Kier alpha value is -7.05. The molecule has 2 aromatic carbocycles. The third kappa shape index (κ3) is 22.6. The first kappa shape index (κ1) is 56.1. The fourth-order valence-electron chi connectivity index (χ4n) is 6.51. The molecule has 20 N–H and O–H groups in total. The van der Waals surface area contributed by atoms with E-state index in [9.17, 15) is 53.7 Å². The molecule has 67 heavy (non-hydrogen) atoms. The van der Waals surface area contributed by atoms with Gasteiger partial charge in [-0.2, -0.15) is 0 Å². The molecule has 0 bridgehead atoms. The fraction of sp³-hybridized carbons (Fsp3) is 0.512. The molecule has 2 aromatic rings. The molecule has 6 amide bonds. The Bertz CT molecular complexity index is 1950. The molecule has 24 heteroatoms. The van der Waals surface area contributed by atoms with Gasteiger partial charge in [0.05, 0.1) is 12.6 Å². The summed E-state index contributed by atoms with van der Waals surface area (Å²) in [5, 5.41) is 63.5. The maximum absolute atomic E-state index is 14.3. The number of carbonyl (C=O) groups excluding carboxylic acids is 6. The number of benzene rings is 2. The minimum atomic E-state index is -1.58. The minimum absolute atomic E-state index is 0.00632. The summed E-state index contributed by atoms with van der Waals surface area (Å²) < 4.78 is 0. The Morgan fingerprint density at radius 1 is 0.537 bits per heavy atom. The van der Waals surface area contributed by atoms with Crippen LogP contribution in [0.15, 0.2) is 48.5 Å². The normalized spacial score (nSPS) is 13.5. The number of carboxylic acids is 2. The number of hydrogen-bond donors (Lipinski definition) is 16. The molecule has 0 heterocycles. The molecular formula is C43H66N12O12. The largest absolute Gasteiger partial charge is 0.508 e. The lowest BCUT2D eigenvalue weighted by Gasteiger charge is -2.27. The number of phenols is 2. The molecule has 0 aliphatic rings.